The normalized spacial score (nSPS) is 10.3. The van der Waals surface area contributed by atoms with Crippen LogP contribution in [-0.4, -0.2) is 16.9 Å². The number of halogens is 1. The Morgan fingerprint density at radius 3 is 2.35 bits per heavy atom. The minimum atomic E-state index is 0.292. The quantitative estimate of drug-likeness (QED) is 0.797. The average molecular weight is 325 g/mol. The van der Waals surface area contributed by atoms with E-state index >= 15 is 0 Å². The molecule has 0 bridgehead atoms. The van der Waals surface area contributed by atoms with Crippen molar-refractivity contribution >= 4 is 17.4 Å². The first-order valence-corrected chi connectivity index (χ1v) is 7.21. The van der Waals surface area contributed by atoms with Gasteiger partial charge in [-0.1, -0.05) is 11.6 Å². The SMILES string of the molecule is COc1ccc(-c2nn(-c3ccc(Cl)cc3)c(N)c2C#N)cc1. The van der Waals surface area contributed by atoms with Crippen molar-refractivity contribution in [3.8, 4) is 28.8 Å². The van der Waals surface area contributed by atoms with E-state index in [-0.39, 0.29) is 0 Å². The zero-order valence-corrected chi connectivity index (χ0v) is 13.1. The summed E-state index contributed by atoms with van der Waals surface area (Å²) < 4.78 is 6.68. The van der Waals surface area contributed by atoms with Gasteiger partial charge in [-0.05, 0) is 48.5 Å². The average Bonchev–Trinajstić information content (AvgIpc) is 2.92. The number of hydrogen-bond donors (Lipinski definition) is 1. The molecule has 5 nitrogen and oxygen atoms in total. The van der Waals surface area contributed by atoms with E-state index in [1.807, 2.05) is 24.3 Å². The molecule has 2 aromatic carbocycles. The smallest absolute Gasteiger partial charge is 0.145 e. The van der Waals surface area contributed by atoms with Gasteiger partial charge in [-0.15, -0.1) is 0 Å². The highest BCUT2D eigenvalue weighted by molar-refractivity contribution is 6.30. The molecule has 0 aliphatic carbocycles. The second-order valence-corrected chi connectivity index (χ2v) is 5.27. The highest BCUT2D eigenvalue weighted by Crippen LogP contribution is 2.30. The van der Waals surface area contributed by atoms with Gasteiger partial charge >= 0.3 is 0 Å². The van der Waals surface area contributed by atoms with Gasteiger partial charge in [0.15, 0.2) is 0 Å². The van der Waals surface area contributed by atoms with Crippen molar-refractivity contribution in [1.29, 1.82) is 5.26 Å². The Kier molecular flexibility index (Phi) is 3.92. The molecule has 0 fully saturated rings. The van der Waals surface area contributed by atoms with Crippen LogP contribution < -0.4 is 10.5 Å². The number of nitrogens with two attached hydrogens (primary N) is 1. The molecule has 0 saturated heterocycles. The van der Waals surface area contributed by atoms with Crippen LogP contribution >= 0.6 is 11.6 Å². The largest absolute Gasteiger partial charge is 0.497 e. The summed E-state index contributed by atoms with van der Waals surface area (Å²) in [6, 6.07) is 16.5. The summed E-state index contributed by atoms with van der Waals surface area (Å²) in [4.78, 5) is 0. The second-order valence-electron chi connectivity index (χ2n) is 4.84. The molecule has 1 aromatic heterocycles. The Morgan fingerprint density at radius 1 is 1.13 bits per heavy atom. The molecule has 0 spiro atoms. The highest BCUT2D eigenvalue weighted by atomic mass is 35.5. The molecule has 0 saturated carbocycles. The molecule has 0 radical (unpaired) electrons. The molecule has 0 aliphatic rings. The third kappa shape index (κ3) is 2.72. The molecule has 0 amide bonds. The number of nitriles is 1. The molecule has 114 valence electrons. The second kappa shape index (κ2) is 6.03. The third-order valence-corrected chi connectivity index (χ3v) is 3.72. The number of aromatic nitrogens is 2. The number of nitrogen functional groups attached to an aromatic ring is 1. The number of benzene rings is 2. The standard InChI is InChI=1S/C17H13ClN4O/c1-23-14-8-2-11(3-9-14)16-15(10-19)17(20)22(21-16)13-6-4-12(18)5-7-13/h2-9H,20H2,1H3. The van der Waals surface area contributed by atoms with E-state index in [4.69, 9.17) is 22.1 Å². The highest BCUT2D eigenvalue weighted by Gasteiger charge is 2.18. The van der Waals surface area contributed by atoms with Gasteiger partial charge in [0.1, 0.15) is 28.9 Å². The maximum absolute atomic E-state index is 9.44. The summed E-state index contributed by atoms with van der Waals surface area (Å²) in [5.74, 6) is 1.03. The van der Waals surface area contributed by atoms with E-state index in [0.29, 0.717) is 22.1 Å². The number of methoxy groups -OCH3 is 1. The lowest BCUT2D eigenvalue weighted by atomic mass is 10.1. The molecule has 23 heavy (non-hydrogen) atoms. The van der Waals surface area contributed by atoms with Crippen molar-refractivity contribution in [2.24, 2.45) is 0 Å². The van der Waals surface area contributed by atoms with Crippen LogP contribution in [0.15, 0.2) is 48.5 Å². The Labute approximate surface area is 138 Å². The molecule has 1 heterocycles. The minimum absolute atomic E-state index is 0.292. The first-order chi connectivity index (χ1) is 11.1. The number of nitrogens with zero attached hydrogens (tertiary/aromatic N) is 3. The number of hydrogen-bond acceptors (Lipinski definition) is 4. The van der Waals surface area contributed by atoms with Crippen molar-refractivity contribution in [3.05, 3.63) is 59.1 Å². The van der Waals surface area contributed by atoms with Crippen LogP contribution in [0, 0.1) is 11.3 Å². The molecular weight excluding hydrogens is 312 g/mol. The molecule has 0 atom stereocenters. The van der Waals surface area contributed by atoms with Crippen molar-refractivity contribution in [1.82, 2.24) is 9.78 Å². The molecular formula is C17H13ClN4O. The zero-order valence-electron chi connectivity index (χ0n) is 12.3. The van der Waals surface area contributed by atoms with Gasteiger partial charge in [0.2, 0.25) is 0 Å². The monoisotopic (exact) mass is 324 g/mol. The van der Waals surface area contributed by atoms with Gasteiger partial charge in [-0.25, -0.2) is 4.68 Å². The van der Waals surface area contributed by atoms with Gasteiger partial charge in [0.25, 0.3) is 0 Å². The summed E-state index contributed by atoms with van der Waals surface area (Å²) in [7, 11) is 1.60. The summed E-state index contributed by atoms with van der Waals surface area (Å²) >= 11 is 5.90. The maximum Gasteiger partial charge on any atom is 0.145 e. The van der Waals surface area contributed by atoms with Crippen LogP contribution in [-0.2, 0) is 0 Å². The molecule has 3 aromatic rings. The Bertz CT molecular complexity index is 877. The Hall–Kier alpha value is -2.97. The van der Waals surface area contributed by atoms with Crippen LogP contribution in [0.4, 0.5) is 5.82 Å². The van der Waals surface area contributed by atoms with Crippen LogP contribution in [0.3, 0.4) is 0 Å². The van der Waals surface area contributed by atoms with E-state index in [0.717, 1.165) is 17.0 Å². The summed E-state index contributed by atoms with van der Waals surface area (Å²) in [5.41, 5.74) is 8.50. The van der Waals surface area contributed by atoms with Gasteiger partial charge in [0.05, 0.1) is 12.8 Å². The molecule has 2 N–H and O–H groups in total. The third-order valence-electron chi connectivity index (χ3n) is 3.47. The lowest BCUT2D eigenvalue weighted by Crippen LogP contribution is -2.02. The Morgan fingerprint density at radius 2 is 1.78 bits per heavy atom. The summed E-state index contributed by atoms with van der Waals surface area (Å²) in [6.07, 6.45) is 0. The van der Waals surface area contributed by atoms with Gasteiger partial charge in [-0.3, -0.25) is 0 Å². The molecule has 3 rings (SSSR count). The van der Waals surface area contributed by atoms with Crippen molar-refractivity contribution < 1.29 is 4.74 Å². The molecule has 0 aliphatic heterocycles. The van der Waals surface area contributed by atoms with Crippen LogP contribution in [0.2, 0.25) is 5.02 Å². The number of anilines is 1. The van der Waals surface area contributed by atoms with Crippen LogP contribution in [0.25, 0.3) is 16.9 Å². The van der Waals surface area contributed by atoms with E-state index in [1.165, 1.54) is 4.68 Å². The van der Waals surface area contributed by atoms with Crippen LogP contribution in [0.1, 0.15) is 5.56 Å². The fraction of sp³-hybridized carbons (Fsp3) is 0.0588. The van der Waals surface area contributed by atoms with Gasteiger partial charge in [0, 0.05) is 10.6 Å². The topological polar surface area (TPSA) is 76.9 Å². The Balaban J connectivity index is 2.12. The molecule has 0 unspecified atom stereocenters. The predicted octanol–water partition coefficient (Wildman–Crippen LogP) is 3.66. The fourth-order valence-corrected chi connectivity index (χ4v) is 2.40. The summed E-state index contributed by atoms with van der Waals surface area (Å²) in [5, 5.41) is 14.5. The number of ether oxygens (including phenoxy) is 1. The van der Waals surface area contributed by atoms with Crippen molar-refractivity contribution in [3.63, 3.8) is 0 Å². The fourth-order valence-electron chi connectivity index (χ4n) is 2.27. The lowest BCUT2D eigenvalue weighted by Gasteiger charge is -2.03. The zero-order chi connectivity index (χ0) is 16.4. The lowest BCUT2D eigenvalue weighted by molar-refractivity contribution is 0.415. The van der Waals surface area contributed by atoms with Crippen LogP contribution in [0.5, 0.6) is 5.75 Å². The molecule has 6 heteroatoms. The van der Waals surface area contributed by atoms with Crippen molar-refractivity contribution in [2.45, 2.75) is 0 Å². The summed E-state index contributed by atoms with van der Waals surface area (Å²) in [6.45, 7) is 0. The predicted molar refractivity (Wildman–Crippen MR) is 89.7 cm³/mol. The maximum atomic E-state index is 9.44. The van der Waals surface area contributed by atoms with Gasteiger partial charge < -0.3 is 10.5 Å². The first kappa shape index (κ1) is 14.9. The van der Waals surface area contributed by atoms with E-state index in [1.54, 1.807) is 31.4 Å². The number of rotatable bonds is 3. The van der Waals surface area contributed by atoms with Gasteiger partial charge in [-0.2, -0.15) is 10.4 Å². The first-order valence-electron chi connectivity index (χ1n) is 6.83. The van der Waals surface area contributed by atoms with E-state index in [2.05, 4.69) is 11.2 Å². The van der Waals surface area contributed by atoms with Crippen molar-refractivity contribution in [2.75, 3.05) is 12.8 Å². The minimum Gasteiger partial charge on any atom is -0.497 e. The van der Waals surface area contributed by atoms with E-state index in [9.17, 15) is 5.26 Å². The van der Waals surface area contributed by atoms with E-state index < -0.39 is 0 Å².